The number of thiophene rings is 1. The summed E-state index contributed by atoms with van der Waals surface area (Å²) in [7, 11) is -1.88. The van der Waals surface area contributed by atoms with Gasteiger partial charge in [-0.25, -0.2) is 13.1 Å². The van der Waals surface area contributed by atoms with Crippen molar-refractivity contribution in [3.63, 3.8) is 0 Å². The highest BCUT2D eigenvalue weighted by atomic mass is 32.2. The Kier molecular flexibility index (Phi) is 7.55. The van der Waals surface area contributed by atoms with Crippen molar-refractivity contribution in [2.75, 3.05) is 33.3 Å². The summed E-state index contributed by atoms with van der Waals surface area (Å²) >= 11 is 1.28. The van der Waals surface area contributed by atoms with E-state index in [1.165, 1.54) is 35.3 Å². The van der Waals surface area contributed by atoms with Crippen molar-refractivity contribution in [3.8, 4) is 16.2 Å². The van der Waals surface area contributed by atoms with Crippen LogP contribution in [0.1, 0.15) is 29.5 Å². The SMILES string of the molecule is COc1ccc(CNC2Cc3ccccc3C2)cc1-c1ccc(S(=O)(=O)NCCN2CCCC2)s1. The number of ether oxygens (including phenoxy) is 1. The average Bonchev–Trinajstić information content (AvgIpc) is 3.63. The standard InChI is InChI=1S/C27H33N3O3S2/c1-33-25-9-8-20(19-28-23-17-21-6-2-3-7-22(21)18-23)16-24(25)26-10-11-27(34-26)35(31,32)29-12-15-30-13-4-5-14-30/h2-3,6-11,16,23,28-29H,4-5,12-15,17-19H2,1H3. The van der Waals surface area contributed by atoms with Crippen molar-refractivity contribution in [2.24, 2.45) is 0 Å². The minimum absolute atomic E-state index is 0.336. The first-order valence-electron chi connectivity index (χ1n) is 12.3. The second kappa shape index (κ2) is 10.8. The van der Waals surface area contributed by atoms with Crippen molar-refractivity contribution in [3.05, 3.63) is 71.3 Å². The molecule has 0 bridgehead atoms. The highest BCUT2D eigenvalue weighted by Gasteiger charge is 2.22. The minimum atomic E-state index is -3.53. The number of likely N-dealkylation sites (tertiary alicyclic amines) is 1. The zero-order chi connectivity index (χ0) is 24.3. The van der Waals surface area contributed by atoms with E-state index in [-0.39, 0.29) is 0 Å². The monoisotopic (exact) mass is 511 g/mol. The lowest BCUT2D eigenvalue weighted by atomic mass is 10.1. The summed E-state index contributed by atoms with van der Waals surface area (Å²) in [6.45, 7) is 4.06. The molecule has 1 aliphatic heterocycles. The van der Waals surface area contributed by atoms with Crippen LogP contribution < -0.4 is 14.8 Å². The van der Waals surface area contributed by atoms with E-state index in [0.29, 0.717) is 16.8 Å². The summed E-state index contributed by atoms with van der Waals surface area (Å²) < 4.78 is 34.4. The van der Waals surface area contributed by atoms with Gasteiger partial charge in [-0.05, 0) is 79.7 Å². The molecule has 2 heterocycles. The molecule has 2 aromatic carbocycles. The van der Waals surface area contributed by atoms with Crippen LogP contribution in [0.2, 0.25) is 0 Å². The molecule has 3 aromatic rings. The molecule has 0 atom stereocenters. The van der Waals surface area contributed by atoms with Gasteiger partial charge in [0.1, 0.15) is 9.96 Å². The maximum Gasteiger partial charge on any atom is 0.250 e. The molecule has 186 valence electrons. The molecular weight excluding hydrogens is 478 g/mol. The molecule has 1 aromatic heterocycles. The Morgan fingerprint density at radius 3 is 2.49 bits per heavy atom. The van der Waals surface area contributed by atoms with E-state index >= 15 is 0 Å². The molecule has 5 rings (SSSR count). The fraction of sp³-hybridized carbons (Fsp3) is 0.407. The largest absolute Gasteiger partial charge is 0.496 e. The van der Waals surface area contributed by atoms with Crippen LogP contribution in [-0.4, -0.2) is 52.6 Å². The lowest BCUT2D eigenvalue weighted by Crippen LogP contribution is -2.33. The molecule has 0 saturated carbocycles. The first-order chi connectivity index (χ1) is 17.0. The van der Waals surface area contributed by atoms with E-state index < -0.39 is 10.0 Å². The van der Waals surface area contributed by atoms with Gasteiger partial charge in [-0.3, -0.25) is 0 Å². The van der Waals surface area contributed by atoms with Gasteiger partial charge in [0.05, 0.1) is 7.11 Å². The Morgan fingerprint density at radius 1 is 1.03 bits per heavy atom. The van der Waals surface area contributed by atoms with Crippen LogP contribution in [0.5, 0.6) is 5.75 Å². The van der Waals surface area contributed by atoms with Crippen LogP contribution in [-0.2, 0) is 29.4 Å². The van der Waals surface area contributed by atoms with Gasteiger partial charge in [0.2, 0.25) is 10.0 Å². The van der Waals surface area contributed by atoms with Crippen LogP contribution >= 0.6 is 11.3 Å². The van der Waals surface area contributed by atoms with Gasteiger partial charge >= 0.3 is 0 Å². The highest BCUT2D eigenvalue weighted by Crippen LogP contribution is 2.37. The number of nitrogens with one attached hydrogen (secondary N) is 2. The van der Waals surface area contributed by atoms with Gasteiger partial charge in [0, 0.05) is 36.1 Å². The average molecular weight is 512 g/mol. The molecule has 1 fully saturated rings. The maximum atomic E-state index is 12.9. The van der Waals surface area contributed by atoms with Crippen molar-refractivity contribution in [1.29, 1.82) is 0 Å². The highest BCUT2D eigenvalue weighted by molar-refractivity contribution is 7.91. The Hall–Kier alpha value is -2.23. The Bertz CT molecular complexity index is 1240. The number of hydrogen-bond acceptors (Lipinski definition) is 6. The van der Waals surface area contributed by atoms with Crippen molar-refractivity contribution in [2.45, 2.75) is 42.5 Å². The number of sulfonamides is 1. The molecule has 0 amide bonds. The first-order valence-corrected chi connectivity index (χ1v) is 14.6. The number of fused-ring (bicyclic) bond motifs is 1. The summed E-state index contributed by atoms with van der Waals surface area (Å²) in [5.74, 6) is 0.745. The van der Waals surface area contributed by atoms with Crippen LogP contribution in [0.25, 0.3) is 10.4 Å². The molecule has 0 radical (unpaired) electrons. The molecule has 8 heteroatoms. The van der Waals surface area contributed by atoms with E-state index in [4.69, 9.17) is 4.74 Å². The van der Waals surface area contributed by atoms with Crippen LogP contribution in [0.15, 0.2) is 58.8 Å². The van der Waals surface area contributed by atoms with E-state index in [1.807, 2.05) is 12.1 Å². The van der Waals surface area contributed by atoms with Gasteiger partial charge < -0.3 is 15.0 Å². The summed E-state index contributed by atoms with van der Waals surface area (Å²) in [5, 5.41) is 3.69. The normalized spacial score (nSPS) is 16.6. The second-order valence-electron chi connectivity index (χ2n) is 9.35. The number of rotatable bonds is 10. The minimum Gasteiger partial charge on any atom is -0.496 e. The van der Waals surface area contributed by atoms with E-state index in [9.17, 15) is 8.42 Å². The van der Waals surface area contributed by atoms with Gasteiger partial charge in [-0.2, -0.15) is 0 Å². The van der Waals surface area contributed by atoms with E-state index in [2.05, 4.69) is 51.3 Å². The number of benzene rings is 2. The summed E-state index contributed by atoms with van der Waals surface area (Å²) in [6.07, 6.45) is 4.50. The van der Waals surface area contributed by atoms with Crippen LogP contribution in [0.3, 0.4) is 0 Å². The van der Waals surface area contributed by atoms with Gasteiger partial charge in [-0.1, -0.05) is 30.3 Å². The molecule has 1 aliphatic carbocycles. The maximum absolute atomic E-state index is 12.9. The predicted molar refractivity (Wildman–Crippen MR) is 142 cm³/mol. The molecule has 0 unspecified atom stereocenters. The zero-order valence-electron chi connectivity index (χ0n) is 20.1. The third-order valence-corrected chi connectivity index (χ3v) is 10.0. The Balaban J connectivity index is 1.25. The lowest BCUT2D eigenvalue weighted by Gasteiger charge is -2.14. The smallest absolute Gasteiger partial charge is 0.250 e. The summed E-state index contributed by atoms with van der Waals surface area (Å²) in [5.41, 5.74) is 4.94. The topological polar surface area (TPSA) is 70.7 Å². The Morgan fingerprint density at radius 2 is 1.77 bits per heavy atom. The number of hydrogen-bond donors (Lipinski definition) is 2. The lowest BCUT2D eigenvalue weighted by molar-refractivity contribution is 0.344. The van der Waals surface area contributed by atoms with Crippen molar-refractivity contribution in [1.82, 2.24) is 14.9 Å². The molecular formula is C27H33N3O3S2. The number of methoxy groups -OCH3 is 1. The third kappa shape index (κ3) is 5.78. The summed E-state index contributed by atoms with van der Waals surface area (Å²) in [4.78, 5) is 3.19. The number of nitrogens with zero attached hydrogens (tertiary/aromatic N) is 1. The third-order valence-electron chi connectivity index (χ3n) is 6.94. The van der Waals surface area contributed by atoms with Crippen LogP contribution in [0.4, 0.5) is 0 Å². The van der Waals surface area contributed by atoms with Crippen molar-refractivity contribution < 1.29 is 13.2 Å². The molecule has 2 aliphatic rings. The molecule has 2 N–H and O–H groups in total. The zero-order valence-corrected chi connectivity index (χ0v) is 21.8. The molecule has 35 heavy (non-hydrogen) atoms. The van der Waals surface area contributed by atoms with Gasteiger partial charge in [0.25, 0.3) is 0 Å². The van der Waals surface area contributed by atoms with Gasteiger partial charge in [0.15, 0.2) is 0 Å². The fourth-order valence-corrected chi connectivity index (χ4v) is 7.44. The first kappa shape index (κ1) is 24.5. The predicted octanol–water partition coefficient (Wildman–Crippen LogP) is 4.05. The molecule has 6 nitrogen and oxygen atoms in total. The van der Waals surface area contributed by atoms with E-state index in [0.717, 1.165) is 60.8 Å². The quantitative estimate of drug-likeness (QED) is 0.430. The fourth-order valence-electron chi connectivity index (χ4n) is 5.05. The van der Waals surface area contributed by atoms with E-state index in [1.54, 1.807) is 13.2 Å². The van der Waals surface area contributed by atoms with Crippen molar-refractivity contribution >= 4 is 21.4 Å². The second-order valence-corrected chi connectivity index (χ2v) is 12.4. The summed E-state index contributed by atoms with van der Waals surface area (Å²) in [6, 6.07) is 18.8. The molecule has 1 saturated heterocycles. The Labute approximate surface area is 212 Å². The molecule has 0 spiro atoms. The van der Waals surface area contributed by atoms with Gasteiger partial charge in [-0.15, -0.1) is 11.3 Å². The van der Waals surface area contributed by atoms with Crippen LogP contribution in [0, 0.1) is 0 Å².